The maximum atomic E-state index is 13.0. The summed E-state index contributed by atoms with van der Waals surface area (Å²) >= 11 is 1.56. The van der Waals surface area contributed by atoms with Crippen molar-refractivity contribution in [2.75, 3.05) is 6.54 Å². The first-order valence-electron chi connectivity index (χ1n) is 9.59. The monoisotopic (exact) mass is 381 g/mol. The van der Waals surface area contributed by atoms with E-state index in [4.69, 9.17) is 0 Å². The summed E-state index contributed by atoms with van der Waals surface area (Å²) in [7, 11) is 0. The van der Waals surface area contributed by atoms with Crippen LogP contribution in [0.1, 0.15) is 41.6 Å². The molecule has 0 aliphatic carbocycles. The third-order valence-corrected chi connectivity index (χ3v) is 6.68. The Morgan fingerprint density at radius 3 is 3.00 bits per heavy atom. The van der Waals surface area contributed by atoms with Gasteiger partial charge in [-0.05, 0) is 38.3 Å². The second-order valence-corrected chi connectivity index (χ2v) is 8.67. The van der Waals surface area contributed by atoms with E-state index in [0.717, 1.165) is 35.0 Å². The van der Waals surface area contributed by atoms with E-state index in [1.165, 1.54) is 12.0 Å². The molecule has 3 aromatic rings. The standard InChI is InChI=1S/C20H23N5OS/c1-13-23-25-12-15(22-20(25)27-13)11-21-19(26)16-10-18(14-6-3-2-4-7-14)24-9-5-8-17(16)24/h2-4,6-7,12,16-18H,5,8-11H2,1H3,(H,21,26)/t16-,17+,18-/m1/s1. The Labute approximate surface area is 162 Å². The van der Waals surface area contributed by atoms with E-state index < -0.39 is 0 Å². The molecule has 140 valence electrons. The first-order chi connectivity index (χ1) is 13.2. The van der Waals surface area contributed by atoms with Crippen molar-refractivity contribution >= 4 is 22.2 Å². The topological polar surface area (TPSA) is 62.5 Å². The van der Waals surface area contributed by atoms with Crippen LogP contribution in [0.25, 0.3) is 4.96 Å². The average molecular weight is 382 g/mol. The van der Waals surface area contributed by atoms with Crippen LogP contribution in [0.5, 0.6) is 0 Å². The maximum absolute atomic E-state index is 13.0. The number of carbonyl (C=O) groups is 1. The summed E-state index contributed by atoms with van der Waals surface area (Å²) in [4.78, 5) is 20.9. The van der Waals surface area contributed by atoms with Crippen molar-refractivity contribution in [3.05, 3.63) is 52.8 Å². The minimum absolute atomic E-state index is 0.0572. The third-order valence-electron chi connectivity index (χ3n) is 5.84. The number of carbonyl (C=O) groups excluding carboxylic acids is 1. The van der Waals surface area contributed by atoms with E-state index in [0.29, 0.717) is 18.6 Å². The first-order valence-corrected chi connectivity index (χ1v) is 10.4. The lowest BCUT2D eigenvalue weighted by Gasteiger charge is -2.24. The SMILES string of the molecule is Cc1nn2cc(CNC(=O)[C@@H]3C[C@H](c4ccccc4)N4CCC[C@@H]34)nc2s1. The zero-order valence-electron chi connectivity index (χ0n) is 15.3. The quantitative estimate of drug-likeness (QED) is 0.755. The van der Waals surface area contributed by atoms with E-state index in [1.807, 2.05) is 13.1 Å². The van der Waals surface area contributed by atoms with Gasteiger partial charge in [0.1, 0.15) is 5.01 Å². The fourth-order valence-electron chi connectivity index (χ4n) is 4.69. The van der Waals surface area contributed by atoms with E-state index >= 15 is 0 Å². The van der Waals surface area contributed by atoms with Gasteiger partial charge in [-0.25, -0.2) is 9.50 Å². The number of nitrogens with zero attached hydrogens (tertiary/aromatic N) is 4. The Kier molecular flexibility index (Phi) is 4.21. The van der Waals surface area contributed by atoms with E-state index in [-0.39, 0.29) is 11.8 Å². The molecule has 2 aliphatic rings. The number of hydrogen-bond acceptors (Lipinski definition) is 5. The molecule has 1 amide bonds. The first kappa shape index (κ1) is 16.9. The van der Waals surface area contributed by atoms with Gasteiger partial charge in [0, 0.05) is 12.1 Å². The number of fused-ring (bicyclic) bond motifs is 2. The highest BCUT2D eigenvalue weighted by atomic mass is 32.1. The molecule has 6 nitrogen and oxygen atoms in total. The van der Waals surface area contributed by atoms with Crippen LogP contribution in [0, 0.1) is 12.8 Å². The van der Waals surface area contributed by atoms with E-state index in [1.54, 1.807) is 15.9 Å². The van der Waals surface area contributed by atoms with Crippen molar-refractivity contribution in [3.8, 4) is 0 Å². The molecule has 0 spiro atoms. The predicted molar refractivity (Wildman–Crippen MR) is 104 cm³/mol. The van der Waals surface area contributed by atoms with Gasteiger partial charge < -0.3 is 5.32 Å². The highest BCUT2D eigenvalue weighted by Crippen LogP contribution is 2.44. The summed E-state index contributed by atoms with van der Waals surface area (Å²) in [5.41, 5.74) is 2.19. The molecule has 2 aromatic heterocycles. The Bertz CT molecular complexity index is 934. The molecule has 0 bridgehead atoms. The van der Waals surface area contributed by atoms with Crippen LogP contribution in [-0.2, 0) is 11.3 Å². The second-order valence-electron chi connectivity index (χ2n) is 7.51. The fraction of sp³-hybridized carbons (Fsp3) is 0.450. The number of rotatable bonds is 4. The fourth-order valence-corrected chi connectivity index (χ4v) is 5.43. The number of imidazole rings is 1. The smallest absolute Gasteiger partial charge is 0.225 e. The Morgan fingerprint density at radius 1 is 1.33 bits per heavy atom. The Hall–Kier alpha value is -2.25. The van der Waals surface area contributed by atoms with Crippen molar-refractivity contribution in [1.82, 2.24) is 24.8 Å². The highest BCUT2D eigenvalue weighted by Gasteiger charge is 2.46. The van der Waals surface area contributed by atoms with E-state index in [9.17, 15) is 4.79 Å². The zero-order chi connectivity index (χ0) is 18.4. The molecule has 2 fully saturated rings. The molecule has 2 aliphatic heterocycles. The van der Waals surface area contributed by atoms with Gasteiger partial charge in [0.15, 0.2) is 0 Å². The van der Waals surface area contributed by atoms with Crippen molar-refractivity contribution in [1.29, 1.82) is 0 Å². The maximum Gasteiger partial charge on any atom is 0.225 e. The number of aryl methyl sites for hydroxylation is 1. The summed E-state index contributed by atoms with van der Waals surface area (Å²) in [5, 5.41) is 8.50. The largest absolute Gasteiger partial charge is 0.350 e. The van der Waals surface area contributed by atoms with Gasteiger partial charge in [0.2, 0.25) is 10.9 Å². The van der Waals surface area contributed by atoms with Gasteiger partial charge in [-0.15, -0.1) is 0 Å². The molecule has 0 unspecified atom stereocenters. The van der Waals surface area contributed by atoms with Crippen LogP contribution in [0.3, 0.4) is 0 Å². The molecule has 1 N–H and O–H groups in total. The minimum atomic E-state index is 0.0572. The van der Waals surface area contributed by atoms with Gasteiger partial charge in [0.25, 0.3) is 0 Å². The molecular weight excluding hydrogens is 358 g/mol. The van der Waals surface area contributed by atoms with E-state index in [2.05, 4.69) is 50.6 Å². The van der Waals surface area contributed by atoms with Crippen LogP contribution >= 0.6 is 11.3 Å². The van der Waals surface area contributed by atoms with Crippen LogP contribution < -0.4 is 5.32 Å². The number of aromatic nitrogens is 3. The van der Waals surface area contributed by atoms with Crippen LogP contribution in [0.4, 0.5) is 0 Å². The molecule has 0 saturated carbocycles. The molecule has 1 aromatic carbocycles. The molecule has 2 saturated heterocycles. The number of hydrogen-bond donors (Lipinski definition) is 1. The van der Waals surface area contributed by atoms with Gasteiger partial charge in [0.05, 0.1) is 24.4 Å². The number of benzene rings is 1. The Balaban J connectivity index is 1.28. The molecule has 3 atom stereocenters. The number of amides is 1. The summed E-state index contributed by atoms with van der Waals surface area (Å²) in [6.07, 6.45) is 5.10. The van der Waals surface area contributed by atoms with Crippen LogP contribution in [-0.4, -0.2) is 38.0 Å². The lowest BCUT2D eigenvalue weighted by atomic mass is 9.93. The van der Waals surface area contributed by atoms with Gasteiger partial charge in [-0.1, -0.05) is 41.7 Å². The molecule has 5 rings (SSSR count). The van der Waals surface area contributed by atoms with Crippen LogP contribution in [0.2, 0.25) is 0 Å². The summed E-state index contributed by atoms with van der Waals surface area (Å²) in [5.74, 6) is 0.215. The molecule has 0 radical (unpaired) electrons. The second kappa shape index (κ2) is 6.73. The summed E-state index contributed by atoms with van der Waals surface area (Å²) < 4.78 is 1.79. The molecule has 27 heavy (non-hydrogen) atoms. The van der Waals surface area contributed by atoms with Crippen molar-refractivity contribution in [2.45, 2.75) is 44.8 Å². The normalized spacial score (nSPS) is 25.1. The Morgan fingerprint density at radius 2 is 2.19 bits per heavy atom. The summed E-state index contributed by atoms with van der Waals surface area (Å²) in [6, 6.07) is 11.3. The molecule has 4 heterocycles. The summed E-state index contributed by atoms with van der Waals surface area (Å²) in [6.45, 7) is 3.53. The predicted octanol–water partition coefficient (Wildman–Crippen LogP) is 2.94. The number of nitrogens with one attached hydrogen (secondary N) is 1. The van der Waals surface area contributed by atoms with Gasteiger partial charge >= 0.3 is 0 Å². The van der Waals surface area contributed by atoms with Crippen LogP contribution in [0.15, 0.2) is 36.5 Å². The lowest BCUT2D eigenvalue weighted by Crippen LogP contribution is -2.37. The van der Waals surface area contributed by atoms with Gasteiger partial charge in [-0.2, -0.15) is 5.10 Å². The van der Waals surface area contributed by atoms with Gasteiger partial charge in [-0.3, -0.25) is 9.69 Å². The zero-order valence-corrected chi connectivity index (χ0v) is 16.2. The van der Waals surface area contributed by atoms with Crippen molar-refractivity contribution in [3.63, 3.8) is 0 Å². The highest BCUT2D eigenvalue weighted by molar-refractivity contribution is 7.16. The minimum Gasteiger partial charge on any atom is -0.350 e. The molecular formula is C20H23N5OS. The average Bonchev–Trinajstić information content (AvgIpc) is 3.40. The lowest BCUT2D eigenvalue weighted by molar-refractivity contribution is -0.125. The molecule has 7 heteroatoms. The van der Waals surface area contributed by atoms with Crippen molar-refractivity contribution < 1.29 is 4.79 Å². The third kappa shape index (κ3) is 3.04. The van der Waals surface area contributed by atoms with Crippen molar-refractivity contribution in [2.24, 2.45) is 5.92 Å².